The third-order valence-electron chi connectivity index (χ3n) is 4.14. The molecule has 1 atom stereocenters. The highest BCUT2D eigenvalue weighted by molar-refractivity contribution is 5.95. The molecule has 2 heteroatoms. The first-order valence-electron chi connectivity index (χ1n) is 7.90. The molecule has 22 heavy (non-hydrogen) atoms. The molecule has 0 fully saturated rings. The molecule has 2 nitrogen and oxygen atoms in total. The predicted octanol–water partition coefficient (Wildman–Crippen LogP) is 4.58. The second-order valence-electron chi connectivity index (χ2n) is 5.73. The quantitative estimate of drug-likeness (QED) is 0.755. The van der Waals surface area contributed by atoms with Crippen LogP contribution in [-0.4, -0.2) is 5.91 Å². The van der Waals surface area contributed by atoms with E-state index in [1.54, 1.807) is 0 Å². The third-order valence-corrected chi connectivity index (χ3v) is 4.14. The lowest BCUT2D eigenvalue weighted by Gasteiger charge is -2.28. The lowest BCUT2D eigenvalue weighted by atomic mass is 9.92. The summed E-state index contributed by atoms with van der Waals surface area (Å²) in [5, 5.41) is 0. The molecule has 0 aliphatic heterocycles. The van der Waals surface area contributed by atoms with Gasteiger partial charge in [-0.2, -0.15) is 0 Å². The normalized spacial score (nSPS) is 17.2. The molecular formula is C20H21NO. The maximum atomic E-state index is 13.0. The standard InChI is InChI=1S/C20H21NO/c22-20(18-12-6-2-7-13-18)21(19-14-8-3-9-15-19)16-17-10-4-1-5-11-17/h1-6,8-11,14-15,18H,7,12-13,16H2. The number of hydrogen-bond donors (Lipinski definition) is 0. The molecule has 3 rings (SSSR count). The van der Waals surface area contributed by atoms with E-state index < -0.39 is 0 Å². The number of amides is 1. The average molecular weight is 291 g/mol. The van der Waals surface area contributed by atoms with Crippen LogP contribution in [0.2, 0.25) is 0 Å². The predicted molar refractivity (Wildman–Crippen MR) is 90.6 cm³/mol. The fourth-order valence-electron chi connectivity index (χ4n) is 2.91. The van der Waals surface area contributed by atoms with Crippen molar-refractivity contribution in [1.29, 1.82) is 0 Å². The number of benzene rings is 2. The molecule has 0 spiro atoms. The minimum absolute atomic E-state index is 0.105. The third kappa shape index (κ3) is 3.45. The van der Waals surface area contributed by atoms with E-state index in [1.807, 2.05) is 53.4 Å². The van der Waals surface area contributed by atoms with E-state index in [1.165, 1.54) is 0 Å². The molecule has 0 bridgehead atoms. The Balaban J connectivity index is 1.85. The van der Waals surface area contributed by atoms with Gasteiger partial charge in [-0.3, -0.25) is 4.79 Å². The Hall–Kier alpha value is -2.35. The van der Waals surface area contributed by atoms with Gasteiger partial charge in [-0.1, -0.05) is 60.7 Å². The van der Waals surface area contributed by atoms with E-state index in [0.29, 0.717) is 6.54 Å². The number of carbonyl (C=O) groups is 1. The first kappa shape index (κ1) is 14.6. The summed E-state index contributed by atoms with van der Waals surface area (Å²) in [5.41, 5.74) is 2.14. The van der Waals surface area contributed by atoms with Crippen molar-refractivity contribution in [1.82, 2.24) is 0 Å². The van der Waals surface area contributed by atoms with Gasteiger partial charge in [-0.25, -0.2) is 0 Å². The van der Waals surface area contributed by atoms with E-state index in [0.717, 1.165) is 30.5 Å². The van der Waals surface area contributed by atoms with Crippen LogP contribution in [0.3, 0.4) is 0 Å². The average Bonchev–Trinajstić information content (AvgIpc) is 2.61. The summed E-state index contributed by atoms with van der Waals surface area (Å²) < 4.78 is 0. The lowest BCUT2D eigenvalue weighted by molar-refractivity contribution is -0.122. The minimum atomic E-state index is 0.105. The van der Waals surface area contributed by atoms with Crippen LogP contribution < -0.4 is 4.90 Å². The summed E-state index contributed by atoms with van der Waals surface area (Å²) in [6, 6.07) is 20.2. The van der Waals surface area contributed by atoms with E-state index >= 15 is 0 Å². The van der Waals surface area contributed by atoms with Gasteiger partial charge < -0.3 is 4.90 Å². The second-order valence-corrected chi connectivity index (χ2v) is 5.73. The Morgan fingerprint density at radius 1 is 0.955 bits per heavy atom. The first-order chi connectivity index (χ1) is 10.8. The van der Waals surface area contributed by atoms with Crippen molar-refractivity contribution in [2.75, 3.05) is 4.90 Å². The fraction of sp³-hybridized carbons (Fsp3) is 0.250. The van der Waals surface area contributed by atoms with Crippen molar-refractivity contribution in [2.24, 2.45) is 5.92 Å². The van der Waals surface area contributed by atoms with Crippen molar-refractivity contribution in [3.8, 4) is 0 Å². The van der Waals surface area contributed by atoms with Crippen LogP contribution >= 0.6 is 0 Å². The van der Waals surface area contributed by atoms with Crippen molar-refractivity contribution in [3.63, 3.8) is 0 Å². The number of allylic oxidation sites excluding steroid dienone is 2. The molecular weight excluding hydrogens is 270 g/mol. The van der Waals surface area contributed by atoms with Gasteiger partial charge in [0.25, 0.3) is 0 Å². The number of anilines is 1. The molecule has 0 saturated carbocycles. The summed E-state index contributed by atoms with van der Waals surface area (Å²) in [5.74, 6) is 0.341. The van der Waals surface area contributed by atoms with Gasteiger partial charge in [0.2, 0.25) is 5.91 Å². The van der Waals surface area contributed by atoms with E-state index in [2.05, 4.69) is 24.3 Å². The molecule has 1 amide bonds. The monoisotopic (exact) mass is 291 g/mol. The zero-order chi connectivity index (χ0) is 15.2. The largest absolute Gasteiger partial charge is 0.308 e. The molecule has 0 heterocycles. The minimum Gasteiger partial charge on any atom is -0.308 e. The summed E-state index contributed by atoms with van der Waals surface area (Å²) in [6.07, 6.45) is 7.13. The van der Waals surface area contributed by atoms with Gasteiger partial charge in [0.15, 0.2) is 0 Å². The van der Waals surface area contributed by atoms with Crippen LogP contribution in [0.4, 0.5) is 5.69 Å². The van der Waals surface area contributed by atoms with E-state index in [4.69, 9.17) is 0 Å². The van der Waals surface area contributed by atoms with Crippen LogP contribution in [0.25, 0.3) is 0 Å². The maximum absolute atomic E-state index is 13.0. The van der Waals surface area contributed by atoms with Gasteiger partial charge >= 0.3 is 0 Å². The van der Waals surface area contributed by atoms with E-state index in [9.17, 15) is 4.79 Å². The Bertz CT molecular complexity index is 633. The van der Waals surface area contributed by atoms with Crippen molar-refractivity contribution in [3.05, 3.63) is 78.4 Å². The smallest absolute Gasteiger partial charge is 0.230 e. The highest BCUT2D eigenvalue weighted by atomic mass is 16.2. The summed E-state index contributed by atoms with van der Waals surface area (Å²) in [6.45, 7) is 0.629. The van der Waals surface area contributed by atoms with Gasteiger partial charge in [0, 0.05) is 11.6 Å². The zero-order valence-corrected chi connectivity index (χ0v) is 12.7. The van der Waals surface area contributed by atoms with Gasteiger partial charge in [-0.05, 0) is 37.0 Å². The van der Waals surface area contributed by atoms with Crippen LogP contribution in [0, 0.1) is 5.92 Å². The lowest BCUT2D eigenvalue weighted by Crippen LogP contribution is -2.36. The summed E-state index contributed by atoms with van der Waals surface area (Å²) >= 11 is 0. The Kier molecular flexibility index (Phi) is 4.69. The molecule has 1 unspecified atom stereocenters. The van der Waals surface area contributed by atoms with Crippen LogP contribution in [0.15, 0.2) is 72.8 Å². The van der Waals surface area contributed by atoms with Crippen LogP contribution in [-0.2, 0) is 11.3 Å². The summed E-state index contributed by atoms with van der Waals surface area (Å²) in [4.78, 5) is 14.9. The topological polar surface area (TPSA) is 20.3 Å². The summed E-state index contributed by atoms with van der Waals surface area (Å²) in [7, 11) is 0. The number of rotatable bonds is 4. The molecule has 2 aromatic rings. The molecule has 0 aromatic heterocycles. The Labute approximate surface area is 132 Å². The van der Waals surface area contributed by atoms with Crippen molar-refractivity contribution in [2.45, 2.75) is 25.8 Å². The van der Waals surface area contributed by atoms with Gasteiger partial charge in [0.1, 0.15) is 0 Å². The number of hydrogen-bond acceptors (Lipinski definition) is 1. The number of carbonyl (C=O) groups excluding carboxylic acids is 1. The molecule has 112 valence electrons. The van der Waals surface area contributed by atoms with Crippen molar-refractivity contribution < 1.29 is 4.79 Å². The van der Waals surface area contributed by atoms with Crippen LogP contribution in [0.1, 0.15) is 24.8 Å². The van der Waals surface area contributed by atoms with Crippen molar-refractivity contribution >= 4 is 11.6 Å². The molecule has 0 saturated heterocycles. The molecule has 0 radical (unpaired) electrons. The van der Waals surface area contributed by atoms with Gasteiger partial charge in [-0.15, -0.1) is 0 Å². The molecule has 0 N–H and O–H groups in total. The van der Waals surface area contributed by atoms with E-state index in [-0.39, 0.29) is 11.8 Å². The van der Waals surface area contributed by atoms with Gasteiger partial charge in [0.05, 0.1) is 6.54 Å². The highest BCUT2D eigenvalue weighted by Crippen LogP contribution is 2.25. The fourth-order valence-corrected chi connectivity index (χ4v) is 2.91. The first-order valence-corrected chi connectivity index (χ1v) is 7.90. The second kappa shape index (κ2) is 7.08. The molecule has 1 aliphatic carbocycles. The Morgan fingerprint density at radius 2 is 1.64 bits per heavy atom. The SMILES string of the molecule is O=C(C1CC=CCC1)N(Cc1ccccc1)c1ccccc1. The highest BCUT2D eigenvalue weighted by Gasteiger charge is 2.25. The number of nitrogens with zero attached hydrogens (tertiary/aromatic N) is 1. The Morgan fingerprint density at radius 3 is 2.27 bits per heavy atom. The molecule has 2 aromatic carbocycles. The molecule has 1 aliphatic rings. The zero-order valence-electron chi connectivity index (χ0n) is 12.7. The number of para-hydroxylation sites is 1. The maximum Gasteiger partial charge on any atom is 0.230 e. The van der Waals surface area contributed by atoms with Crippen LogP contribution in [0.5, 0.6) is 0 Å².